The highest BCUT2D eigenvalue weighted by Gasteiger charge is 2.16. The average Bonchev–Trinajstić information content (AvgIpc) is 3.26. The van der Waals surface area contributed by atoms with Crippen molar-refractivity contribution in [2.24, 2.45) is 4.99 Å². The lowest BCUT2D eigenvalue weighted by Gasteiger charge is -2.29. The standard InChI is InChI=1S/C25H34N4O2/c1-26-25(27-12-8-19-6-7-24-22(16-19)11-15-31-24)28-17-20-2-4-21(5-3-20)18-29-13-9-23(30)10-14-29/h2-7,16,23,30H,8-15,17-18H2,1H3,(H2,26,27,28). The van der Waals surface area contributed by atoms with Gasteiger partial charge in [-0.15, -0.1) is 0 Å². The highest BCUT2D eigenvalue weighted by atomic mass is 16.5. The molecule has 2 aliphatic rings. The van der Waals surface area contributed by atoms with E-state index in [9.17, 15) is 5.11 Å². The van der Waals surface area contributed by atoms with Gasteiger partial charge in [0.2, 0.25) is 0 Å². The fraction of sp³-hybridized carbons (Fsp3) is 0.480. The maximum atomic E-state index is 9.65. The second-order valence-electron chi connectivity index (χ2n) is 8.47. The molecule has 2 aliphatic heterocycles. The Balaban J connectivity index is 1.18. The minimum Gasteiger partial charge on any atom is -0.493 e. The van der Waals surface area contributed by atoms with Gasteiger partial charge in [0.25, 0.3) is 0 Å². The van der Waals surface area contributed by atoms with Crippen LogP contribution in [0.1, 0.15) is 35.1 Å². The molecular weight excluding hydrogens is 388 g/mol. The van der Waals surface area contributed by atoms with E-state index in [2.05, 4.69) is 63.0 Å². The van der Waals surface area contributed by atoms with Crippen LogP contribution < -0.4 is 15.4 Å². The predicted molar refractivity (Wildman–Crippen MR) is 125 cm³/mol. The molecule has 0 spiro atoms. The Bertz CT molecular complexity index is 874. The molecule has 2 aromatic rings. The van der Waals surface area contributed by atoms with Crippen molar-refractivity contribution in [1.29, 1.82) is 0 Å². The summed E-state index contributed by atoms with van der Waals surface area (Å²) in [6.45, 7) is 5.29. The Morgan fingerprint density at radius 3 is 2.58 bits per heavy atom. The van der Waals surface area contributed by atoms with E-state index in [0.717, 1.165) is 76.7 Å². The van der Waals surface area contributed by atoms with Gasteiger partial charge in [-0.05, 0) is 47.6 Å². The molecule has 2 heterocycles. The Kier molecular flexibility index (Phi) is 7.43. The largest absolute Gasteiger partial charge is 0.493 e. The van der Waals surface area contributed by atoms with Crippen molar-refractivity contribution in [3.63, 3.8) is 0 Å². The molecule has 6 nitrogen and oxygen atoms in total. The van der Waals surface area contributed by atoms with Gasteiger partial charge in [0.1, 0.15) is 5.75 Å². The highest BCUT2D eigenvalue weighted by molar-refractivity contribution is 5.79. The molecule has 0 radical (unpaired) electrons. The number of aliphatic hydroxyl groups excluding tert-OH is 1. The summed E-state index contributed by atoms with van der Waals surface area (Å²) in [5.41, 5.74) is 5.20. The van der Waals surface area contributed by atoms with Crippen LogP contribution in [-0.4, -0.2) is 55.4 Å². The topological polar surface area (TPSA) is 69.1 Å². The molecule has 0 amide bonds. The van der Waals surface area contributed by atoms with Gasteiger partial charge in [-0.3, -0.25) is 9.89 Å². The number of likely N-dealkylation sites (tertiary alicyclic amines) is 1. The minimum atomic E-state index is -0.115. The van der Waals surface area contributed by atoms with Crippen molar-refractivity contribution in [3.8, 4) is 5.75 Å². The zero-order chi connectivity index (χ0) is 21.5. The number of guanidine groups is 1. The van der Waals surface area contributed by atoms with Crippen LogP contribution in [-0.2, 0) is 25.9 Å². The molecule has 1 saturated heterocycles. The Morgan fingerprint density at radius 1 is 1.06 bits per heavy atom. The van der Waals surface area contributed by atoms with Crippen LogP contribution in [0.3, 0.4) is 0 Å². The summed E-state index contributed by atoms with van der Waals surface area (Å²) >= 11 is 0. The minimum absolute atomic E-state index is 0.115. The zero-order valence-corrected chi connectivity index (χ0v) is 18.4. The zero-order valence-electron chi connectivity index (χ0n) is 18.4. The predicted octanol–water partition coefficient (Wildman–Crippen LogP) is 2.49. The van der Waals surface area contributed by atoms with Crippen LogP contribution in [0.5, 0.6) is 5.75 Å². The Hall–Kier alpha value is -2.57. The fourth-order valence-corrected chi connectivity index (χ4v) is 4.23. The smallest absolute Gasteiger partial charge is 0.191 e. The Labute approximate surface area is 185 Å². The number of ether oxygens (including phenoxy) is 1. The van der Waals surface area contributed by atoms with Gasteiger partial charge in [-0.25, -0.2) is 0 Å². The van der Waals surface area contributed by atoms with E-state index < -0.39 is 0 Å². The number of rotatable bonds is 7. The molecule has 1 fully saturated rings. The second kappa shape index (κ2) is 10.6. The van der Waals surface area contributed by atoms with Gasteiger partial charge < -0.3 is 20.5 Å². The molecule has 2 aromatic carbocycles. The lowest BCUT2D eigenvalue weighted by Crippen LogP contribution is -2.37. The van der Waals surface area contributed by atoms with Gasteiger partial charge in [-0.2, -0.15) is 0 Å². The summed E-state index contributed by atoms with van der Waals surface area (Å²) in [6, 6.07) is 15.3. The number of hydrogen-bond acceptors (Lipinski definition) is 4. The summed E-state index contributed by atoms with van der Waals surface area (Å²) in [7, 11) is 1.81. The molecule has 0 aromatic heterocycles. The third-order valence-electron chi connectivity index (χ3n) is 6.13. The van der Waals surface area contributed by atoms with Crippen molar-refractivity contribution < 1.29 is 9.84 Å². The van der Waals surface area contributed by atoms with Crippen molar-refractivity contribution in [2.75, 3.05) is 33.3 Å². The molecule has 31 heavy (non-hydrogen) atoms. The van der Waals surface area contributed by atoms with E-state index in [4.69, 9.17) is 4.74 Å². The van der Waals surface area contributed by atoms with Crippen LogP contribution in [0.25, 0.3) is 0 Å². The third kappa shape index (κ3) is 6.21. The van der Waals surface area contributed by atoms with E-state index in [-0.39, 0.29) is 6.10 Å². The van der Waals surface area contributed by atoms with Crippen molar-refractivity contribution >= 4 is 5.96 Å². The first-order chi connectivity index (χ1) is 15.2. The summed E-state index contributed by atoms with van der Waals surface area (Å²) < 4.78 is 5.58. The molecule has 0 unspecified atom stereocenters. The van der Waals surface area contributed by atoms with Gasteiger partial charge in [0.15, 0.2) is 5.96 Å². The lowest BCUT2D eigenvalue weighted by molar-refractivity contribution is 0.0792. The maximum Gasteiger partial charge on any atom is 0.191 e. The number of aliphatic imine (C=N–C) groups is 1. The van der Waals surface area contributed by atoms with Crippen LogP contribution in [0.15, 0.2) is 47.5 Å². The number of aliphatic hydroxyl groups is 1. The number of nitrogens with one attached hydrogen (secondary N) is 2. The van der Waals surface area contributed by atoms with E-state index in [1.54, 1.807) is 7.05 Å². The summed E-state index contributed by atoms with van der Waals surface area (Å²) in [5.74, 6) is 1.86. The van der Waals surface area contributed by atoms with Crippen molar-refractivity contribution in [3.05, 3.63) is 64.7 Å². The molecule has 0 bridgehead atoms. The molecule has 6 heteroatoms. The summed E-state index contributed by atoms with van der Waals surface area (Å²) in [5, 5.41) is 16.5. The van der Waals surface area contributed by atoms with E-state index in [1.165, 1.54) is 22.3 Å². The summed E-state index contributed by atoms with van der Waals surface area (Å²) in [6.07, 6.45) is 3.62. The monoisotopic (exact) mass is 422 g/mol. The van der Waals surface area contributed by atoms with Gasteiger partial charge >= 0.3 is 0 Å². The first kappa shape index (κ1) is 21.7. The molecule has 0 aliphatic carbocycles. The molecule has 166 valence electrons. The summed E-state index contributed by atoms with van der Waals surface area (Å²) in [4.78, 5) is 6.76. The number of hydrogen-bond donors (Lipinski definition) is 3. The molecular formula is C25H34N4O2. The Morgan fingerprint density at radius 2 is 1.81 bits per heavy atom. The number of piperidine rings is 1. The second-order valence-corrected chi connectivity index (χ2v) is 8.47. The molecule has 4 rings (SSSR count). The normalized spacial score (nSPS) is 17.3. The van der Waals surface area contributed by atoms with E-state index in [0.29, 0.717) is 0 Å². The fourth-order valence-electron chi connectivity index (χ4n) is 4.23. The number of fused-ring (bicyclic) bond motifs is 1. The molecule has 0 atom stereocenters. The van der Waals surface area contributed by atoms with Gasteiger partial charge in [0.05, 0.1) is 12.7 Å². The van der Waals surface area contributed by atoms with E-state index in [1.807, 2.05) is 0 Å². The van der Waals surface area contributed by atoms with Crippen molar-refractivity contribution in [1.82, 2.24) is 15.5 Å². The first-order valence-corrected chi connectivity index (χ1v) is 11.4. The molecule has 3 N–H and O–H groups in total. The first-order valence-electron chi connectivity index (χ1n) is 11.4. The quantitative estimate of drug-likeness (QED) is 0.473. The van der Waals surface area contributed by atoms with Crippen LogP contribution in [0.2, 0.25) is 0 Å². The number of nitrogens with zero attached hydrogens (tertiary/aromatic N) is 2. The third-order valence-corrected chi connectivity index (χ3v) is 6.13. The van der Waals surface area contributed by atoms with Gasteiger partial charge in [0, 0.05) is 46.2 Å². The molecule has 0 saturated carbocycles. The lowest BCUT2D eigenvalue weighted by atomic mass is 10.1. The average molecular weight is 423 g/mol. The van der Waals surface area contributed by atoms with Crippen molar-refractivity contribution in [2.45, 2.75) is 44.9 Å². The number of benzene rings is 2. The van der Waals surface area contributed by atoms with Crippen LogP contribution in [0.4, 0.5) is 0 Å². The highest BCUT2D eigenvalue weighted by Crippen LogP contribution is 2.25. The SMILES string of the molecule is CN=C(NCCc1ccc2c(c1)CCO2)NCc1ccc(CN2CCC(O)CC2)cc1. The van der Waals surface area contributed by atoms with Gasteiger partial charge in [-0.1, -0.05) is 36.4 Å². The van der Waals surface area contributed by atoms with E-state index >= 15 is 0 Å². The maximum absolute atomic E-state index is 9.65. The van der Waals surface area contributed by atoms with Crippen LogP contribution in [0, 0.1) is 0 Å². The van der Waals surface area contributed by atoms with Crippen LogP contribution >= 0.6 is 0 Å².